The van der Waals surface area contributed by atoms with Crippen molar-refractivity contribution in [2.24, 2.45) is 0 Å². The summed E-state index contributed by atoms with van der Waals surface area (Å²) in [6, 6.07) is 7.09. The Morgan fingerprint density at radius 1 is 1.30 bits per heavy atom. The summed E-state index contributed by atoms with van der Waals surface area (Å²) in [6.07, 6.45) is 1.28. The van der Waals surface area contributed by atoms with Crippen molar-refractivity contribution in [3.8, 4) is 5.75 Å². The quantitative estimate of drug-likeness (QED) is 0.835. The molecule has 0 aliphatic heterocycles. The number of rotatable bonds is 7. The summed E-state index contributed by atoms with van der Waals surface area (Å²) in [5.74, 6) is 0.583. The second-order valence-corrected chi connectivity index (χ2v) is 5.07. The summed E-state index contributed by atoms with van der Waals surface area (Å²) in [5.41, 5.74) is -0.205. The monoisotopic (exact) mass is 279 g/mol. The highest BCUT2D eigenvalue weighted by molar-refractivity contribution is 5.94. The van der Waals surface area contributed by atoms with Crippen LogP contribution in [0.15, 0.2) is 24.3 Å². The van der Waals surface area contributed by atoms with E-state index in [2.05, 4.69) is 0 Å². The molecule has 4 heteroatoms. The summed E-state index contributed by atoms with van der Waals surface area (Å²) < 4.78 is 5.64. The lowest BCUT2D eigenvalue weighted by atomic mass is 9.99. The fraction of sp³-hybridized carbons (Fsp3) is 0.562. The molecule has 0 saturated heterocycles. The molecule has 0 radical (unpaired) electrons. The maximum atomic E-state index is 12.1. The second-order valence-electron chi connectivity index (χ2n) is 5.07. The molecule has 20 heavy (non-hydrogen) atoms. The maximum Gasteiger partial charge on any atom is 0.253 e. The highest BCUT2D eigenvalue weighted by Gasteiger charge is 2.23. The predicted molar refractivity (Wildman–Crippen MR) is 80.1 cm³/mol. The average molecular weight is 279 g/mol. The first-order valence-corrected chi connectivity index (χ1v) is 7.16. The minimum absolute atomic E-state index is 0.0285. The SMILES string of the molecule is CCN(C)C(=O)c1cccc(OCC(O)(CC)CC)c1. The van der Waals surface area contributed by atoms with Crippen LogP contribution in [0.1, 0.15) is 44.0 Å². The van der Waals surface area contributed by atoms with Crippen molar-refractivity contribution in [3.63, 3.8) is 0 Å². The van der Waals surface area contributed by atoms with Gasteiger partial charge in [-0.1, -0.05) is 19.9 Å². The van der Waals surface area contributed by atoms with Crippen molar-refractivity contribution in [1.29, 1.82) is 0 Å². The lowest BCUT2D eigenvalue weighted by molar-refractivity contribution is -0.0113. The first-order chi connectivity index (χ1) is 9.45. The van der Waals surface area contributed by atoms with Crippen molar-refractivity contribution < 1.29 is 14.6 Å². The molecule has 4 nitrogen and oxygen atoms in total. The Morgan fingerprint density at radius 3 is 2.50 bits per heavy atom. The van der Waals surface area contributed by atoms with Crippen LogP contribution in [0.4, 0.5) is 0 Å². The zero-order valence-corrected chi connectivity index (χ0v) is 12.8. The van der Waals surface area contributed by atoms with Crippen LogP contribution in [0.25, 0.3) is 0 Å². The van der Waals surface area contributed by atoms with Gasteiger partial charge in [-0.15, -0.1) is 0 Å². The van der Waals surface area contributed by atoms with Crippen LogP contribution in [-0.4, -0.2) is 41.7 Å². The summed E-state index contributed by atoms with van der Waals surface area (Å²) in [4.78, 5) is 13.7. The Balaban J connectivity index is 2.76. The zero-order chi connectivity index (χ0) is 15.2. The molecule has 1 aromatic carbocycles. The van der Waals surface area contributed by atoms with E-state index in [9.17, 15) is 9.90 Å². The Kier molecular flexibility index (Phi) is 6.02. The number of carbonyl (C=O) groups is 1. The van der Waals surface area contributed by atoms with E-state index < -0.39 is 5.60 Å². The molecule has 112 valence electrons. The first-order valence-electron chi connectivity index (χ1n) is 7.16. The van der Waals surface area contributed by atoms with E-state index in [1.807, 2.05) is 20.8 Å². The molecule has 0 saturated carbocycles. The van der Waals surface area contributed by atoms with Crippen LogP contribution >= 0.6 is 0 Å². The normalized spacial score (nSPS) is 11.2. The molecule has 0 bridgehead atoms. The van der Waals surface area contributed by atoms with Gasteiger partial charge in [0.25, 0.3) is 5.91 Å². The van der Waals surface area contributed by atoms with Crippen LogP contribution < -0.4 is 4.74 Å². The summed E-state index contributed by atoms with van der Waals surface area (Å²) in [5, 5.41) is 10.2. The third-order valence-electron chi connectivity index (χ3n) is 3.73. The van der Waals surface area contributed by atoms with Gasteiger partial charge in [-0.2, -0.15) is 0 Å². The van der Waals surface area contributed by atoms with E-state index in [1.165, 1.54) is 0 Å². The van der Waals surface area contributed by atoms with Crippen LogP contribution in [0.5, 0.6) is 5.75 Å². The van der Waals surface area contributed by atoms with Crippen LogP contribution in [0, 0.1) is 0 Å². The second kappa shape index (κ2) is 7.29. The molecule has 0 aliphatic carbocycles. The summed E-state index contributed by atoms with van der Waals surface area (Å²) in [7, 11) is 1.77. The molecule has 0 aromatic heterocycles. The molecule has 0 unspecified atom stereocenters. The molecule has 0 fully saturated rings. The molecular weight excluding hydrogens is 254 g/mol. The van der Waals surface area contributed by atoms with Crippen LogP contribution in [0.3, 0.4) is 0 Å². The number of carbonyl (C=O) groups excluding carboxylic acids is 1. The van der Waals surface area contributed by atoms with Gasteiger partial charge in [-0.05, 0) is 38.0 Å². The van der Waals surface area contributed by atoms with Crippen molar-refractivity contribution in [3.05, 3.63) is 29.8 Å². The van der Waals surface area contributed by atoms with Gasteiger partial charge in [0, 0.05) is 19.2 Å². The lowest BCUT2D eigenvalue weighted by Crippen LogP contribution is -2.34. The Bertz CT molecular complexity index is 441. The van der Waals surface area contributed by atoms with E-state index in [4.69, 9.17) is 4.74 Å². The molecule has 1 aromatic rings. The fourth-order valence-electron chi connectivity index (χ4n) is 1.75. The third-order valence-corrected chi connectivity index (χ3v) is 3.73. The Hall–Kier alpha value is -1.55. The van der Waals surface area contributed by atoms with Gasteiger partial charge in [-0.3, -0.25) is 4.79 Å². The van der Waals surface area contributed by atoms with Crippen LogP contribution in [0.2, 0.25) is 0 Å². The lowest BCUT2D eigenvalue weighted by Gasteiger charge is -2.25. The largest absolute Gasteiger partial charge is 0.491 e. The van der Waals surface area contributed by atoms with E-state index in [-0.39, 0.29) is 12.5 Å². The number of hydrogen-bond donors (Lipinski definition) is 1. The highest BCUT2D eigenvalue weighted by atomic mass is 16.5. The van der Waals surface area contributed by atoms with Crippen molar-refractivity contribution in [2.75, 3.05) is 20.2 Å². The van der Waals surface area contributed by atoms with E-state index in [0.29, 0.717) is 30.7 Å². The van der Waals surface area contributed by atoms with Crippen molar-refractivity contribution in [2.45, 2.75) is 39.2 Å². The minimum atomic E-state index is -0.805. The number of hydrogen-bond acceptors (Lipinski definition) is 3. The van der Waals surface area contributed by atoms with Gasteiger partial charge in [-0.25, -0.2) is 0 Å². The predicted octanol–water partition coefficient (Wildman–Crippen LogP) is 2.71. The molecule has 0 atom stereocenters. The Labute approximate surface area is 121 Å². The molecule has 1 rings (SSSR count). The summed E-state index contributed by atoms with van der Waals surface area (Å²) >= 11 is 0. The molecule has 0 aliphatic rings. The number of aliphatic hydroxyl groups is 1. The number of ether oxygens (including phenoxy) is 1. The van der Waals surface area contributed by atoms with Crippen molar-refractivity contribution >= 4 is 5.91 Å². The van der Waals surface area contributed by atoms with Gasteiger partial charge in [0.2, 0.25) is 0 Å². The van der Waals surface area contributed by atoms with Gasteiger partial charge in [0.05, 0.1) is 5.60 Å². The minimum Gasteiger partial charge on any atom is -0.491 e. The van der Waals surface area contributed by atoms with Crippen molar-refractivity contribution in [1.82, 2.24) is 4.90 Å². The zero-order valence-electron chi connectivity index (χ0n) is 12.8. The van der Waals surface area contributed by atoms with Crippen LogP contribution in [-0.2, 0) is 0 Å². The number of nitrogens with zero attached hydrogens (tertiary/aromatic N) is 1. The maximum absolute atomic E-state index is 12.1. The number of amides is 1. The van der Waals surface area contributed by atoms with E-state index >= 15 is 0 Å². The molecular formula is C16H25NO3. The standard InChI is InChI=1S/C16H25NO3/c1-5-16(19,6-2)12-20-14-10-8-9-13(11-14)15(18)17(4)7-3/h8-11,19H,5-7,12H2,1-4H3. The van der Waals surface area contributed by atoms with Gasteiger partial charge in [0.1, 0.15) is 12.4 Å². The van der Waals surface area contributed by atoms with E-state index in [0.717, 1.165) is 0 Å². The smallest absolute Gasteiger partial charge is 0.253 e. The molecule has 1 N–H and O–H groups in total. The number of benzene rings is 1. The highest BCUT2D eigenvalue weighted by Crippen LogP contribution is 2.19. The van der Waals surface area contributed by atoms with Gasteiger partial charge < -0.3 is 14.7 Å². The van der Waals surface area contributed by atoms with Gasteiger partial charge >= 0.3 is 0 Å². The fourth-order valence-corrected chi connectivity index (χ4v) is 1.75. The van der Waals surface area contributed by atoms with E-state index in [1.54, 1.807) is 36.2 Å². The molecule has 1 amide bonds. The third kappa shape index (κ3) is 4.23. The average Bonchev–Trinajstić information content (AvgIpc) is 2.51. The summed E-state index contributed by atoms with van der Waals surface area (Å²) in [6.45, 7) is 6.70. The topological polar surface area (TPSA) is 49.8 Å². The Morgan fingerprint density at radius 2 is 1.95 bits per heavy atom. The van der Waals surface area contributed by atoms with Gasteiger partial charge in [0.15, 0.2) is 0 Å². The molecule has 0 spiro atoms. The first kappa shape index (κ1) is 16.5. The molecule has 0 heterocycles.